The molecule has 0 aliphatic carbocycles. The third kappa shape index (κ3) is 4.09. The van der Waals surface area contributed by atoms with Crippen molar-refractivity contribution >= 4 is 28.0 Å². The Morgan fingerprint density at radius 2 is 1.97 bits per heavy atom. The Kier molecular flexibility index (Phi) is 6.20. The highest BCUT2D eigenvalue weighted by Crippen LogP contribution is 2.28. The molecule has 0 unspecified atom stereocenters. The van der Waals surface area contributed by atoms with Crippen LogP contribution in [0.15, 0.2) is 40.5 Å². The fourth-order valence-electron chi connectivity index (χ4n) is 3.73. The summed E-state index contributed by atoms with van der Waals surface area (Å²) in [7, 11) is 3.24. The minimum atomic E-state index is -0.385. The molecular formula is C23H25N5O3S. The van der Waals surface area contributed by atoms with Gasteiger partial charge >= 0.3 is 0 Å². The lowest BCUT2D eigenvalue weighted by Crippen LogP contribution is -2.29. The topological polar surface area (TPSA) is 91.0 Å². The highest BCUT2D eigenvalue weighted by Gasteiger charge is 2.19. The normalized spacial score (nSPS) is 11.2. The minimum absolute atomic E-state index is 0.200. The van der Waals surface area contributed by atoms with Crippen molar-refractivity contribution in [2.75, 3.05) is 19.1 Å². The molecule has 0 saturated heterocycles. The second-order valence-electron chi connectivity index (χ2n) is 7.61. The quantitative estimate of drug-likeness (QED) is 0.435. The van der Waals surface area contributed by atoms with Crippen molar-refractivity contribution in [3.8, 4) is 11.3 Å². The Morgan fingerprint density at radius 1 is 1.22 bits per heavy atom. The zero-order chi connectivity index (χ0) is 22.8. The summed E-state index contributed by atoms with van der Waals surface area (Å²) in [6, 6.07) is 9.01. The van der Waals surface area contributed by atoms with Crippen LogP contribution in [0.25, 0.3) is 22.0 Å². The zero-order valence-electron chi connectivity index (χ0n) is 18.5. The van der Waals surface area contributed by atoms with E-state index in [0.717, 1.165) is 40.5 Å². The summed E-state index contributed by atoms with van der Waals surface area (Å²) in [4.78, 5) is 30.3. The standard InChI is InChI=1S/C23H25N5O3S/c1-14-12-18(19-13-32-20(24-19)10-7-11-31-4)15(2)28(14)26-22(29)21-16-8-5-6-9-17(16)23(30)27(3)25-21/h5-6,8-9,12-13H,7,10-11H2,1-4H3,(H,26,29). The molecule has 0 radical (unpaired) electrons. The molecule has 3 aromatic heterocycles. The summed E-state index contributed by atoms with van der Waals surface area (Å²) in [5, 5.41) is 8.30. The van der Waals surface area contributed by atoms with E-state index in [1.807, 2.05) is 25.3 Å². The summed E-state index contributed by atoms with van der Waals surface area (Å²) in [5.74, 6) is -0.385. The number of carbonyl (C=O) groups excluding carboxylic acids is 1. The zero-order valence-corrected chi connectivity index (χ0v) is 19.3. The van der Waals surface area contributed by atoms with Gasteiger partial charge in [-0.1, -0.05) is 18.2 Å². The number of hydrogen-bond acceptors (Lipinski definition) is 6. The molecule has 0 fully saturated rings. The Hall–Kier alpha value is -3.30. The summed E-state index contributed by atoms with van der Waals surface area (Å²) < 4.78 is 8.05. The van der Waals surface area contributed by atoms with Crippen molar-refractivity contribution < 1.29 is 9.53 Å². The van der Waals surface area contributed by atoms with Crippen molar-refractivity contribution in [3.63, 3.8) is 0 Å². The van der Waals surface area contributed by atoms with Gasteiger partial charge < -0.3 is 4.74 Å². The van der Waals surface area contributed by atoms with Gasteiger partial charge in [0.2, 0.25) is 0 Å². The predicted molar refractivity (Wildman–Crippen MR) is 126 cm³/mol. The SMILES string of the molecule is COCCCc1nc(-c2cc(C)n(NC(=O)c3nn(C)c(=O)c4ccccc34)c2C)cs1. The van der Waals surface area contributed by atoms with Crippen LogP contribution < -0.4 is 11.0 Å². The van der Waals surface area contributed by atoms with Crippen molar-refractivity contribution in [1.29, 1.82) is 0 Å². The summed E-state index contributed by atoms with van der Waals surface area (Å²) in [6.45, 7) is 4.58. The molecule has 166 valence electrons. The number of hydrogen-bond donors (Lipinski definition) is 1. The van der Waals surface area contributed by atoms with E-state index in [4.69, 9.17) is 9.72 Å². The van der Waals surface area contributed by atoms with Crippen LogP contribution in [0.5, 0.6) is 0 Å². The third-order valence-corrected chi connectivity index (χ3v) is 6.29. The average molecular weight is 452 g/mol. The van der Waals surface area contributed by atoms with Crippen molar-refractivity contribution in [3.05, 3.63) is 68.2 Å². The van der Waals surface area contributed by atoms with Gasteiger partial charge in [0.25, 0.3) is 11.5 Å². The lowest BCUT2D eigenvalue weighted by Gasteiger charge is -2.13. The number of amides is 1. The van der Waals surface area contributed by atoms with Gasteiger partial charge in [0, 0.05) is 54.9 Å². The van der Waals surface area contributed by atoms with Gasteiger partial charge in [-0.15, -0.1) is 11.3 Å². The van der Waals surface area contributed by atoms with Crippen molar-refractivity contribution in [2.45, 2.75) is 26.7 Å². The molecule has 0 spiro atoms. The molecule has 0 atom stereocenters. The van der Waals surface area contributed by atoms with E-state index < -0.39 is 0 Å². The summed E-state index contributed by atoms with van der Waals surface area (Å²) in [6.07, 6.45) is 1.80. The van der Waals surface area contributed by atoms with E-state index in [0.29, 0.717) is 17.4 Å². The number of fused-ring (bicyclic) bond motifs is 1. The number of rotatable bonds is 7. The van der Waals surface area contributed by atoms with Crippen LogP contribution in [0.1, 0.15) is 33.3 Å². The maximum atomic E-state index is 13.2. The number of aryl methyl sites for hydroxylation is 3. The van der Waals surface area contributed by atoms with Crippen LogP contribution in [0.3, 0.4) is 0 Å². The molecular weight excluding hydrogens is 426 g/mol. The van der Waals surface area contributed by atoms with Crippen LogP contribution in [0, 0.1) is 13.8 Å². The maximum Gasteiger partial charge on any atom is 0.291 e. The first kappa shape index (κ1) is 21.9. The second-order valence-corrected chi connectivity index (χ2v) is 8.55. The van der Waals surface area contributed by atoms with Crippen LogP contribution >= 0.6 is 11.3 Å². The van der Waals surface area contributed by atoms with Gasteiger partial charge in [0.05, 0.1) is 16.1 Å². The lowest BCUT2D eigenvalue weighted by atomic mass is 10.1. The smallest absolute Gasteiger partial charge is 0.291 e. The van der Waals surface area contributed by atoms with Crippen LogP contribution in [0.4, 0.5) is 0 Å². The highest BCUT2D eigenvalue weighted by molar-refractivity contribution is 7.09. The van der Waals surface area contributed by atoms with Gasteiger partial charge in [-0.3, -0.25) is 19.7 Å². The Labute approximate surface area is 189 Å². The van der Waals surface area contributed by atoms with Crippen LogP contribution in [-0.2, 0) is 18.2 Å². The highest BCUT2D eigenvalue weighted by atomic mass is 32.1. The minimum Gasteiger partial charge on any atom is -0.385 e. The number of benzene rings is 1. The molecule has 1 amide bonds. The first-order chi connectivity index (χ1) is 15.4. The number of nitrogens with one attached hydrogen (secondary N) is 1. The average Bonchev–Trinajstić information content (AvgIpc) is 3.36. The van der Waals surface area contributed by atoms with Crippen LogP contribution in [0.2, 0.25) is 0 Å². The predicted octanol–water partition coefficient (Wildman–Crippen LogP) is 3.44. The first-order valence-electron chi connectivity index (χ1n) is 10.3. The van der Waals surface area contributed by atoms with Gasteiger partial charge in [-0.05, 0) is 32.4 Å². The van der Waals surface area contributed by atoms with E-state index in [-0.39, 0.29) is 17.2 Å². The Balaban J connectivity index is 1.64. The number of thiazole rings is 1. The molecule has 0 bridgehead atoms. The van der Waals surface area contributed by atoms with Gasteiger partial charge in [0.15, 0.2) is 5.69 Å². The number of methoxy groups -OCH3 is 1. The van der Waals surface area contributed by atoms with E-state index in [9.17, 15) is 9.59 Å². The number of nitrogens with zero attached hydrogens (tertiary/aromatic N) is 4. The molecule has 0 saturated carbocycles. The largest absolute Gasteiger partial charge is 0.385 e. The van der Waals surface area contributed by atoms with E-state index in [1.54, 1.807) is 54.4 Å². The van der Waals surface area contributed by atoms with Crippen molar-refractivity contribution in [1.82, 2.24) is 19.4 Å². The Bertz CT molecular complexity index is 1350. The van der Waals surface area contributed by atoms with Gasteiger partial charge in [-0.25, -0.2) is 9.67 Å². The first-order valence-corrected chi connectivity index (χ1v) is 11.2. The van der Waals surface area contributed by atoms with Crippen LogP contribution in [-0.4, -0.2) is 39.1 Å². The number of carbonyl (C=O) groups is 1. The molecule has 4 rings (SSSR count). The summed E-state index contributed by atoms with van der Waals surface area (Å²) >= 11 is 1.63. The molecule has 0 aliphatic heterocycles. The van der Waals surface area contributed by atoms with E-state index >= 15 is 0 Å². The van der Waals surface area contributed by atoms with Gasteiger partial charge in [0.1, 0.15) is 0 Å². The Morgan fingerprint density at radius 3 is 2.72 bits per heavy atom. The molecule has 1 N–H and O–H groups in total. The monoisotopic (exact) mass is 451 g/mol. The second kappa shape index (κ2) is 9.05. The van der Waals surface area contributed by atoms with E-state index in [2.05, 4.69) is 10.5 Å². The molecule has 3 heterocycles. The third-order valence-electron chi connectivity index (χ3n) is 5.38. The molecule has 8 nitrogen and oxygen atoms in total. The maximum absolute atomic E-state index is 13.2. The number of aromatic nitrogens is 4. The molecule has 1 aromatic carbocycles. The van der Waals surface area contributed by atoms with Gasteiger partial charge in [-0.2, -0.15) is 5.10 Å². The fourth-order valence-corrected chi connectivity index (χ4v) is 4.57. The molecule has 0 aliphatic rings. The summed E-state index contributed by atoms with van der Waals surface area (Å²) in [5.41, 5.74) is 6.49. The van der Waals surface area contributed by atoms with E-state index in [1.165, 1.54) is 4.68 Å². The molecule has 4 aromatic rings. The number of ether oxygens (including phenoxy) is 1. The van der Waals surface area contributed by atoms with Crippen molar-refractivity contribution in [2.24, 2.45) is 7.05 Å². The fraction of sp³-hybridized carbons (Fsp3) is 0.304. The molecule has 32 heavy (non-hydrogen) atoms. The molecule has 9 heteroatoms. The lowest BCUT2D eigenvalue weighted by molar-refractivity contribution is 0.100.